The molecule has 0 saturated carbocycles. The van der Waals surface area contributed by atoms with Gasteiger partial charge in [-0.3, -0.25) is 9.36 Å². The van der Waals surface area contributed by atoms with Gasteiger partial charge in [-0.2, -0.15) is 0 Å². The van der Waals surface area contributed by atoms with Crippen molar-refractivity contribution in [3.8, 4) is 5.69 Å². The van der Waals surface area contributed by atoms with Gasteiger partial charge in [0.25, 0.3) is 0 Å². The molecule has 1 amide bonds. The van der Waals surface area contributed by atoms with Gasteiger partial charge in [-0.25, -0.2) is 0 Å². The average molecular weight is 461 g/mol. The molecule has 3 aliphatic heterocycles. The third-order valence-corrected chi connectivity index (χ3v) is 7.18. The minimum atomic E-state index is -0.197. The maximum Gasteiger partial charge on any atom is 0.223 e. The summed E-state index contributed by atoms with van der Waals surface area (Å²) in [6.45, 7) is 3.32. The standard InChI is InChI=1S/C26H25ClN4O2/c1-16-28-29-26-18(13-25(32)30-14-20-10-11-21(15-30)33-20)12-23(17-6-8-19(27)9-7-17)22-4-2-3-5-24(22)31(16)26/h2-9,12,18,20-21H,10-11,13-15H2,1H3. The zero-order valence-corrected chi connectivity index (χ0v) is 19.2. The average Bonchev–Trinajstić information content (AvgIpc) is 3.33. The number of likely N-dealkylation sites (tertiary alicyclic amines) is 1. The number of benzene rings is 2. The van der Waals surface area contributed by atoms with Crippen molar-refractivity contribution >= 4 is 23.1 Å². The fraction of sp³-hybridized carbons (Fsp3) is 0.346. The highest BCUT2D eigenvalue weighted by atomic mass is 35.5. The van der Waals surface area contributed by atoms with E-state index in [0.29, 0.717) is 24.5 Å². The Hall–Kier alpha value is -2.96. The van der Waals surface area contributed by atoms with E-state index in [1.165, 1.54) is 0 Å². The highest BCUT2D eigenvalue weighted by Gasteiger charge is 2.37. The predicted octanol–water partition coefficient (Wildman–Crippen LogP) is 4.54. The Morgan fingerprint density at radius 1 is 1.06 bits per heavy atom. The van der Waals surface area contributed by atoms with E-state index in [9.17, 15) is 4.79 Å². The van der Waals surface area contributed by atoms with Crippen LogP contribution in [0, 0.1) is 6.92 Å². The normalized spacial score (nSPS) is 23.5. The van der Waals surface area contributed by atoms with Crippen molar-refractivity contribution in [2.45, 2.75) is 44.3 Å². The summed E-state index contributed by atoms with van der Waals surface area (Å²) in [7, 11) is 0. The molecule has 0 spiro atoms. The van der Waals surface area contributed by atoms with Crippen LogP contribution in [0.5, 0.6) is 0 Å². The first kappa shape index (κ1) is 20.6. The van der Waals surface area contributed by atoms with Gasteiger partial charge in [-0.15, -0.1) is 10.2 Å². The summed E-state index contributed by atoms with van der Waals surface area (Å²) < 4.78 is 8.02. The molecule has 3 unspecified atom stereocenters. The van der Waals surface area contributed by atoms with Crippen molar-refractivity contribution in [1.29, 1.82) is 0 Å². The van der Waals surface area contributed by atoms with Crippen LogP contribution in [0.15, 0.2) is 54.6 Å². The first-order chi connectivity index (χ1) is 16.1. The number of nitrogens with zero attached hydrogens (tertiary/aromatic N) is 4. The molecule has 3 aliphatic rings. The van der Waals surface area contributed by atoms with Gasteiger partial charge in [-0.05, 0) is 49.1 Å². The molecule has 6 rings (SSSR count). The Balaban J connectivity index is 1.43. The molecule has 4 heterocycles. The summed E-state index contributed by atoms with van der Waals surface area (Å²) in [4.78, 5) is 15.4. The van der Waals surface area contributed by atoms with Crippen molar-refractivity contribution in [3.63, 3.8) is 0 Å². The first-order valence-electron chi connectivity index (χ1n) is 11.5. The SMILES string of the molecule is Cc1nnc2n1-c1ccccc1C(c1ccc(Cl)cc1)=CC2CC(=O)N1CC2CCC(C1)O2. The Bertz CT molecular complexity index is 1240. The van der Waals surface area contributed by atoms with Crippen LogP contribution in [0.3, 0.4) is 0 Å². The van der Waals surface area contributed by atoms with E-state index in [2.05, 4.69) is 33.0 Å². The third-order valence-electron chi connectivity index (χ3n) is 6.93. The number of aryl methyl sites for hydroxylation is 1. The lowest BCUT2D eigenvalue weighted by atomic mass is 9.92. The number of carbonyl (C=O) groups is 1. The molecule has 33 heavy (non-hydrogen) atoms. The van der Waals surface area contributed by atoms with Crippen LogP contribution >= 0.6 is 11.6 Å². The number of hydrogen-bond acceptors (Lipinski definition) is 4. The van der Waals surface area contributed by atoms with Gasteiger partial charge in [-0.1, -0.05) is 48.0 Å². The van der Waals surface area contributed by atoms with Crippen molar-refractivity contribution in [1.82, 2.24) is 19.7 Å². The van der Waals surface area contributed by atoms with Gasteiger partial charge < -0.3 is 9.64 Å². The summed E-state index contributed by atoms with van der Waals surface area (Å²) in [6, 6.07) is 16.1. The Kier molecular flexibility index (Phi) is 5.07. The van der Waals surface area contributed by atoms with Crippen LogP contribution in [-0.2, 0) is 9.53 Å². The molecule has 2 bridgehead atoms. The van der Waals surface area contributed by atoms with E-state index in [-0.39, 0.29) is 24.0 Å². The second kappa shape index (κ2) is 8.12. The molecular weight excluding hydrogens is 436 g/mol. The number of para-hydroxylation sites is 1. The molecule has 3 aromatic rings. The number of allylic oxidation sites excluding steroid dienone is 1. The van der Waals surface area contributed by atoms with Crippen molar-refractivity contribution < 1.29 is 9.53 Å². The number of ether oxygens (including phenoxy) is 1. The molecule has 0 N–H and O–H groups in total. The molecule has 2 saturated heterocycles. The molecule has 2 aromatic carbocycles. The van der Waals surface area contributed by atoms with Crippen LogP contribution in [0.2, 0.25) is 5.02 Å². The van der Waals surface area contributed by atoms with E-state index in [1.54, 1.807) is 0 Å². The second-order valence-corrected chi connectivity index (χ2v) is 9.55. The molecule has 3 atom stereocenters. The van der Waals surface area contributed by atoms with Gasteiger partial charge in [0.15, 0.2) is 0 Å². The van der Waals surface area contributed by atoms with Gasteiger partial charge in [0, 0.05) is 36.0 Å². The van der Waals surface area contributed by atoms with E-state index in [4.69, 9.17) is 16.3 Å². The van der Waals surface area contributed by atoms with E-state index >= 15 is 0 Å². The zero-order chi connectivity index (χ0) is 22.5. The quantitative estimate of drug-likeness (QED) is 0.575. The highest BCUT2D eigenvalue weighted by molar-refractivity contribution is 6.30. The number of carbonyl (C=O) groups excluding carboxylic acids is 1. The molecule has 7 heteroatoms. The first-order valence-corrected chi connectivity index (χ1v) is 11.9. The summed E-state index contributed by atoms with van der Waals surface area (Å²) in [6.07, 6.45) is 4.97. The van der Waals surface area contributed by atoms with Crippen LogP contribution in [0.4, 0.5) is 0 Å². The summed E-state index contributed by atoms with van der Waals surface area (Å²) in [5.74, 6) is 1.56. The lowest BCUT2D eigenvalue weighted by Gasteiger charge is -2.32. The second-order valence-electron chi connectivity index (χ2n) is 9.11. The van der Waals surface area contributed by atoms with Crippen LogP contribution in [-0.4, -0.2) is 50.9 Å². The van der Waals surface area contributed by atoms with Crippen LogP contribution in [0.1, 0.15) is 48.0 Å². The zero-order valence-electron chi connectivity index (χ0n) is 18.4. The molecule has 0 aliphatic carbocycles. The van der Waals surface area contributed by atoms with Gasteiger partial charge in [0.1, 0.15) is 11.6 Å². The number of hydrogen-bond donors (Lipinski definition) is 0. The number of morpholine rings is 1. The molecule has 1 aromatic heterocycles. The monoisotopic (exact) mass is 460 g/mol. The maximum atomic E-state index is 13.4. The number of fused-ring (bicyclic) bond motifs is 5. The predicted molar refractivity (Wildman–Crippen MR) is 126 cm³/mol. The van der Waals surface area contributed by atoms with Crippen LogP contribution in [0.25, 0.3) is 11.3 Å². The smallest absolute Gasteiger partial charge is 0.223 e. The van der Waals surface area contributed by atoms with E-state index < -0.39 is 0 Å². The van der Waals surface area contributed by atoms with Crippen molar-refractivity contribution in [3.05, 3.63) is 82.4 Å². The van der Waals surface area contributed by atoms with E-state index in [0.717, 1.165) is 46.9 Å². The van der Waals surface area contributed by atoms with Crippen molar-refractivity contribution in [2.75, 3.05) is 13.1 Å². The lowest BCUT2D eigenvalue weighted by Crippen LogP contribution is -2.46. The Labute approximate surface area is 197 Å². The lowest BCUT2D eigenvalue weighted by molar-refractivity contribution is -0.140. The fourth-order valence-corrected chi connectivity index (χ4v) is 5.47. The number of aromatic nitrogens is 3. The Morgan fingerprint density at radius 2 is 1.79 bits per heavy atom. The summed E-state index contributed by atoms with van der Waals surface area (Å²) >= 11 is 6.17. The number of amides is 1. The summed E-state index contributed by atoms with van der Waals surface area (Å²) in [5.41, 5.74) is 4.25. The molecule has 168 valence electrons. The molecule has 0 radical (unpaired) electrons. The fourth-order valence-electron chi connectivity index (χ4n) is 5.35. The maximum absolute atomic E-state index is 13.4. The van der Waals surface area contributed by atoms with Gasteiger partial charge in [0.05, 0.1) is 17.9 Å². The molecular formula is C26H25ClN4O2. The highest BCUT2D eigenvalue weighted by Crippen LogP contribution is 2.39. The molecule has 6 nitrogen and oxygen atoms in total. The minimum absolute atomic E-state index is 0.144. The molecule has 2 fully saturated rings. The largest absolute Gasteiger partial charge is 0.371 e. The van der Waals surface area contributed by atoms with E-state index in [1.807, 2.05) is 48.2 Å². The topological polar surface area (TPSA) is 60.2 Å². The van der Waals surface area contributed by atoms with Crippen molar-refractivity contribution in [2.24, 2.45) is 0 Å². The number of halogens is 1. The summed E-state index contributed by atoms with van der Waals surface area (Å²) in [5, 5.41) is 9.60. The minimum Gasteiger partial charge on any atom is -0.371 e. The van der Waals surface area contributed by atoms with Crippen LogP contribution < -0.4 is 0 Å². The van der Waals surface area contributed by atoms with Gasteiger partial charge >= 0.3 is 0 Å². The van der Waals surface area contributed by atoms with Gasteiger partial charge in [0.2, 0.25) is 5.91 Å². The Morgan fingerprint density at radius 3 is 2.55 bits per heavy atom. The number of rotatable bonds is 3. The third kappa shape index (κ3) is 3.67.